The summed E-state index contributed by atoms with van der Waals surface area (Å²) in [5.74, 6) is 0. The second-order valence-electron chi connectivity index (χ2n) is 2.94. The van der Waals surface area contributed by atoms with Gasteiger partial charge in [0.25, 0.3) is 0 Å². The highest BCUT2D eigenvalue weighted by atomic mass is 35.5. The van der Waals surface area contributed by atoms with Gasteiger partial charge < -0.3 is 5.11 Å². The van der Waals surface area contributed by atoms with Crippen LogP contribution in [-0.4, -0.2) is 26.0 Å². The third kappa shape index (κ3) is 2.15. The Bertz CT molecular complexity index is 536. The van der Waals surface area contributed by atoms with E-state index in [1.54, 1.807) is 24.0 Å². The third-order valence-electron chi connectivity index (χ3n) is 1.74. The average molecular weight is 259 g/mol. The lowest BCUT2D eigenvalue weighted by Crippen LogP contribution is -2.05. The maximum Gasteiger partial charge on any atom is 0.409 e. The summed E-state index contributed by atoms with van der Waals surface area (Å²) in [6.07, 6.45) is 0.604. The first-order valence-electron chi connectivity index (χ1n) is 4.22. The first kappa shape index (κ1) is 10.9. The fourth-order valence-corrected chi connectivity index (χ4v) is 2.22. The average Bonchev–Trinajstić information content (AvgIpc) is 2.74. The van der Waals surface area contributed by atoms with E-state index >= 15 is 0 Å². The number of thiazole rings is 1. The number of carboxylic acid groups (broad SMARTS) is 1. The second kappa shape index (κ2) is 4.11. The lowest BCUT2D eigenvalue weighted by Gasteiger charge is -1.92. The Morgan fingerprint density at radius 3 is 3.00 bits per heavy atom. The van der Waals surface area contributed by atoms with E-state index in [2.05, 4.69) is 15.4 Å². The standard InChI is InChI=1S/C8H7ClN4O2S/c1-13-3-2-4(12-13)6-10-5(9)7(16-6)11-8(14)15/h2-3,11H,1H3,(H,14,15). The molecule has 8 heteroatoms. The molecular formula is C8H7ClN4O2S. The summed E-state index contributed by atoms with van der Waals surface area (Å²) in [6, 6.07) is 1.78. The molecular weight excluding hydrogens is 252 g/mol. The normalized spacial score (nSPS) is 10.4. The summed E-state index contributed by atoms with van der Waals surface area (Å²) in [5.41, 5.74) is 0.660. The number of aromatic nitrogens is 3. The van der Waals surface area contributed by atoms with Crippen LogP contribution in [0, 0.1) is 0 Å². The van der Waals surface area contributed by atoms with Crippen molar-refractivity contribution in [2.24, 2.45) is 7.05 Å². The van der Waals surface area contributed by atoms with Crippen LogP contribution in [-0.2, 0) is 7.05 Å². The van der Waals surface area contributed by atoms with Crippen molar-refractivity contribution >= 4 is 34.0 Å². The second-order valence-corrected chi connectivity index (χ2v) is 4.30. The minimum absolute atomic E-state index is 0.132. The van der Waals surface area contributed by atoms with E-state index in [1.165, 1.54) is 0 Å². The van der Waals surface area contributed by atoms with Gasteiger partial charge in [-0.15, -0.1) is 0 Å². The number of rotatable bonds is 2. The molecule has 0 spiro atoms. The first-order chi connectivity index (χ1) is 7.56. The molecule has 0 fully saturated rings. The summed E-state index contributed by atoms with van der Waals surface area (Å²) in [4.78, 5) is 14.5. The van der Waals surface area contributed by atoms with Crippen molar-refractivity contribution in [1.82, 2.24) is 14.8 Å². The van der Waals surface area contributed by atoms with E-state index in [9.17, 15) is 4.79 Å². The van der Waals surface area contributed by atoms with Gasteiger partial charge in [0.05, 0.1) is 0 Å². The SMILES string of the molecule is Cn1ccc(-c2nc(Cl)c(NC(=O)O)s2)n1. The summed E-state index contributed by atoms with van der Waals surface area (Å²) in [6.45, 7) is 0. The Balaban J connectivity index is 2.33. The van der Waals surface area contributed by atoms with Crippen molar-refractivity contribution in [3.8, 4) is 10.7 Å². The molecule has 0 unspecified atom stereocenters. The Morgan fingerprint density at radius 1 is 1.69 bits per heavy atom. The topological polar surface area (TPSA) is 80.0 Å². The van der Waals surface area contributed by atoms with Crippen LogP contribution in [0.2, 0.25) is 5.15 Å². The van der Waals surface area contributed by atoms with Gasteiger partial charge in [0, 0.05) is 13.2 Å². The molecule has 2 aromatic heterocycles. The molecule has 0 bridgehead atoms. The highest BCUT2D eigenvalue weighted by Crippen LogP contribution is 2.34. The third-order valence-corrected chi connectivity index (χ3v) is 3.12. The van der Waals surface area contributed by atoms with Crippen molar-refractivity contribution in [3.63, 3.8) is 0 Å². The Kier molecular flexibility index (Phi) is 2.80. The zero-order valence-corrected chi connectivity index (χ0v) is 9.71. The van der Waals surface area contributed by atoms with Crippen LogP contribution >= 0.6 is 22.9 Å². The molecule has 0 atom stereocenters. The fourth-order valence-electron chi connectivity index (χ4n) is 1.11. The lowest BCUT2D eigenvalue weighted by atomic mass is 10.5. The highest BCUT2D eigenvalue weighted by Gasteiger charge is 2.14. The van der Waals surface area contributed by atoms with Gasteiger partial charge >= 0.3 is 6.09 Å². The summed E-state index contributed by atoms with van der Waals surface area (Å²) < 4.78 is 1.63. The molecule has 0 aliphatic carbocycles. The lowest BCUT2D eigenvalue weighted by molar-refractivity contribution is 0.210. The number of amides is 1. The van der Waals surface area contributed by atoms with Crippen LogP contribution in [0.25, 0.3) is 10.7 Å². The number of hydrogen-bond donors (Lipinski definition) is 2. The minimum Gasteiger partial charge on any atom is -0.465 e. The fraction of sp³-hybridized carbons (Fsp3) is 0.125. The van der Waals surface area contributed by atoms with Gasteiger partial charge in [-0.05, 0) is 6.07 Å². The molecule has 0 radical (unpaired) electrons. The van der Waals surface area contributed by atoms with E-state index in [0.29, 0.717) is 15.7 Å². The van der Waals surface area contributed by atoms with Crippen LogP contribution < -0.4 is 5.32 Å². The molecule has 0 saturated heterocycles. The van der Waals surface area contributed by atoms with Crippen LogP contribution in [0.4, 0.5) is 9.80 Å². The van der Waals surface area contributed by atoms with Crippen molar-refractivity contribution < 1.29 is 9.90 Å². The Hall–Kier alpha value is -1.60. The molecule has 1 amide bonds. The predicted octanol–water partition coefficient (Wildman–Crippen LogP) is 2.29. The summed E-state index contributed by atoms with van der Waals surface area (Å²) in [5, 5.41) is 15.9. The van der Waals surface area contributed by atoms with Gasteiger partial charge in [0.1, 0.15) is 15.7 Å². The smallest absolute Gasteiger partial charge is 0.409 e. The highest BCUT2D eigenvalue weighted by molar-refractivity contribution is 7.19. The number of nitrogens with zero attached hydrogens (tertiary/aromatic N) is 3. The number of hydrogen-bond acceptors (Lipinski definition) is 4. The van der Waals surface area contributed by atoms with Crippen LogP contribution in [0.5, 0.6) is 0 Å². The number of carbonyl (C=O) groups is 1. The quantitative estimate of drug-likeness (QED) is 0.866. The monoisotopic (exact) mass is 258 g/mol. The van der Waals surface area contributed by atoms with Gasteiger partial charge in [-0.3, -0.25) is 10.00 Å². The molecule has 2 N–H and O–H groups in total. The molecule has 2 aromatic rings. The van der Waals surface area contributed by atoms with Crippen molar-refractivity contribution in [2.75, 3.05) is 5.32 Å². The van der Waals surface area contributed by atoms with Crippen molar-refractivity contribution in [3.05, 3.63) is 17.4 Å². The molecule has 2 rings (SSSR count). The van der Waals surface area contributed by atoms with Crippen LogP contribution in [0.3, 0.4) is 0 Å². The predicted molar refractivity (Wildman–Crippen MR) is 61.0 cm³/mol. The number of nitrogens with one attached hydrogen (secondary N) is 1. The Morgan fingerprint density at radius 2 is 2.44 bits per heavy atom. The van der Waals surface area contributed by atoms with Crippen LogP contribution in [0.1, 0.15) is 0 Å². The molecule has 0 aromatic carbocycles. The summed E-state index contributed by atoms with van der Waals surface area (Å²) >= 11 is 6.93. The largest absolute Gasteiger partial charge is 0.465 e. The number of halogens is 1. The molecule has 16 heavy (non-hydrogen) atoms. The molecule has 6 nitrogen and oxygen atoms in total. The van der Waals surface area contributed by atoms with Crippen LogP contribution in [0.15, 0.2) is 12.3 Å². The molecule has 2 heterocycles. The maximum atomic E-state index is 10.5. The van der Waals surface area contributed by atoms with Crippen molar-refractivity contribution in [1.29, 1.82) is 0 Å². The summed E-state index contributed by atoms with van der Waals surface area (Å²) in [7, 11) is 1.79. The van der Waals surface area contributed by atoms with Gasteiger partial charge in [-0.25, -0.2) is 9.78 Å². The van der Waals surface area contributed by atoms with E-state index in [-0.39, 0.29) is 5.15 Å². The maximum absolute atomic E-state index is 10.5. The van der Waals surface area contributed by atoms with E-state index in [4.69, 9.17) is 16.7 Å². The zero-order chi connectivity index (χ0) is 11.7. The van der Waals surface area contributed by atoms with E-state index < -0.39 is 6.09 Å². The van der Waals surface area contributed by atoms with Crippen molar-refractivity contribution in [2.45, 2.75) is 0 Å². The zero-order valence-electron chi connectivity index (χ0n) is 8.14. The Labute approximate surface area is 99.5 Å². The molecule has 0 aliphatic rings. The van der Waals surface area contributed by atoms with Gasteiger partial charge in [0.2, 0.25) is 0 Å². The van der Waals surface area contributed by atoms with E-state index in [1.807, 2.05) is 0 Å². The number of aryl methyl sites for hydroxylation is 1. The molecule has 0 aliphatic heterocycles. The van der Waals surface area contributed by atoms with E-state index in [0.717, 1.165) is 11.3 Å². The first-order valence-corrected chi connectivity index (χ1v) is 5.42. The van der Waals surface area contributed by atoms with Gasteiger partial charge in [-0.2, -0.15) is 5.10 Å². The molecule has 84 valence electrons. The van der Waals surface area contributed by atoms with Gasteiger partial charge in [-0.1, -0.05) is 22.9 Å². The molecule has 0 saturated carbocycles. The van der Waals surface area contributed by atoms with Gasteiger partial charge in [0.15, 0.2) is 5.15 Å². The number of anilines is 1. The minimum atomic E-state index is -1.17.